The maximum absolute atomic E-state index is 12.1. The van der Waals surface area contributed by atoms with E-state index in [1.54, 1.807) is 24.3 Å². The van der Waals surface area contributed by atoms with E-state index in [1.165, 1.54) is 41.3 Å². The first-order chi connectivity index (χ1) is 14.6. The number of fused-ring (bicyclic) bond motifs is 1. The van der Waals surface area contributed by atoms with Gasteiger partial charge in [0.1, 0.15) is 0 Å². The largest absolute Gasteiger partial charge is 0.454 e. The molecular weight excluding hydrogens is 428 g/mol. The standard InChI is InChI=1S/C19H14N4O5S2/c24-17(7-5-12-4-6-15-16(9-12)28-11-27-15)20-18-21-22-19(30-18)29-10-13-2-1-3-14(8-13)23(25)26/h1-9H,10-11H2,(H,20,21,24)/b7-5+. The van der Waals surface area contributed by atoms with Crippen molar-refractivity contribution in [3.05, 3.63) is 69.8 Å². The summed E-state index contributed by atoms with van der Waals surface area (Å²) in [5.41, 5.74) is 1.66. The molecule has 1 aromatic heterocycles. The number of anilines is 1. The van der Waals surface area contributed by atoms with Crippen molar-refractivity contribution in [2.45, 2.75) is 10.1 Å². The molecule has 1 aliphatic heterocycles. The van der Waals surface area contributed by atoms with Crippen LogP contribution in [0.4, 0.5) is 10.8 Å². The average molecular weight is 442 g/mol. The highest BCUT2D eigenvalue weighted by molar-refractivity contribution is 8.00. The van der Waals surface area contributed by atoms with E-state index >= 15 is 0 Å². The summed E-state index contributed by atoms with van der Waals surface area (Å²) in [6, 6.07) is 11.8. The lowest BCUT2D eigenvalue weighted by Crippen LogP contribution is -2.07. The van der Waals surface area contributed by atoms with Crippen LogP contribution in [-0.2, 0) is 10.5 Å². The van der Waals surface area contributed by atoms with Gasteiger partial charge in [-0.3, -0.25) is 20.2 Å². The highest BCUT2D eigenvalue weighted by Gasteiger charge is 2.13. The molecule has 3 aromatic rings. The van der Waals surface area contributed by atoms with Gasteiger partial charge in [0.05, 0.1) is 4.92 Å². The lowest BCUT2D eigenvalue weighted by molar-refractivity contribution is -0.384. The molecule has 1 aliphatic rings. The predicted octanol–water partition coefficient (Wildman–Crippen LogP) is 4.12. The number of nitro benzene ring substituents is 1. The zero-order valence-corrected chi connectivity index (χ0v) is 16.9. The van der Waals surface area contributed by atoms with Gasteiger partial charge in [-0.05, 0) is 29.3 Å². The van der Waals surface area contributed by atoms with Crippen LogP contribution in [0.1, 0.15) is 11.1 Å². The normalized spacial score (nSPS) is 12.3. The Hall–Kier alpha value is -3.44. The SMILES string of the molecule is O=C(/C=C/c1ccc2c(c1)OCO2)Nc1nnc(SCc2cccc([N+](=O)[O-])c2)s1. The van der Waals surface area contributed by atoms with E-state index in [4.69, 9.17) is 9.47 Å². The minimum atomic E-state index is -0.427. The Bertz CT molecular complexity index is 1130. The number of nitro groups is 1. The first kappa shape index (κ1) is 19.9. The Morgan fingerprint density at radius 2 is 2.10 bits per heavy atom. The fraction of sp³-hybridized carbons (Fsp3) is 0.105. The molecule has 0 unspecified atom stereocenters. The van der Waals surface area contributed by atoms with E-state index in [0.29, 0.717) is 26.7 Å². The van der Waals surface area contributed by atoms with Crippen molar-refractivity contribution in [1.82, 2.24) is 10.2 Å². The van der Waals surface area contributed by atoms with Crippen molar-refractivity contribution in [2.24, 2.45) is 0 Å². The van der Waals surface area contributed by atoms with Crippen LogP contribution in [-0.4, -0.2) is 27.8 Å². The molecule has 0 saturated carbocycles. The van der Waals surface area contributed by atoms with Crippen LogP contribution in [0.15, 0.2) is 52.9 Å². The number of nitrogens with one attached hydrogen (secondary N) is 1. The van der Waals surface area contributed by atoms with Crippen molar-refractivity contribution < 1.29 is 19.2 Å². The van der Waals surface area contributed by atoms with Crippen molar-refractivity contribution in [3.63, 3.8) is 0 Å². The number of hydrogen-bond donors (Lipinski definition) is 1. The van der Waals surface area contributed by atoms with Gasteiger partial charge < -0.3 is 9.47 Å². The molecule has 0 bridgehead atoms. The number of hydrogen-bond acceptors (Lipinski definition) is 9. The van der Waals surface area contributed by atoms with Gasteiger partial charge in [-0.15, -0.1) is 10.2 Å². The molecule has 11 heteroatoms. The summed E-state index contributed by atoms with van der Waals surface area (Å²) in [5.74, 6) is 1.50. The number of non-ortho nitro benzene ring substituents is 1. The molecule has 4 rings (SSSR count). The lowest BCUT2D eigenvalue weighted by Gasteiger charge is -1.99. The maximum Gasteiger partial charge on any atom is 0.269 e. The molecule has 2 aromatic carbocycles. The number of amides is 1. The number of ether oxygens (including phenoxy) is 2. The smallest absolute Gasteiger partial charge is 0.269 e. The van der Waals surface area contributed by atoms with Crippen molar-refractivity contribution in [3.8, 4) is 11.5 Å². The van der Waals surface area contributed by atoms with Gasteiger partial charge in [-0.2, -0.15) is 0 Å². The lowest BCUT2D eigenvalue weighted by atomic mass is 10.2. The highest BCUT2D eigenvalue weighted by atomic mass is 32.2. The Balaban J connectivity index is 1.31. The number of thioether (sulfide) groups is 1. The molecule has 30 heavy (non-hydrogen) atoms. The van der Waals surface area contributed by atoms with Crippen molar-refractivity contribution >= 4 is 45.9 Å². The van der Waals surface area contributed by atoms with Crippen LogP contribution < -0.4 is 14.8 Å². The number of rotatable bonds is 7. The molecule has 0 saturated heterocycles. The zero-order chi connectivity index (χ0) is 20.9. The van der Waals surface area contributed by atoms with Gasteiger partial charge in [0.15, 0.2) is 15.8 Å². The van der Waals surface area contributed by atoms with Crippen LogP contribution in [0.25, 0.3) is 6.08 Å². The van der Waals surface area contributed by atoms with E-state index in [2.05, 4.69) is 15.5 Å². The molecule has 0 fully saturated rings. The van der Waals surface area contributed by atoms with Gasteiger partial charge in [0.25, 0.3) is 5.69 Å². The second-order valence-electron chi connectivity index (χ2n) is 6.02. The Kier molecular flexibility index (Phi) is 5.91. The van der Waals surface area contributed by atoms with Gasteiger partial charge in [0.2, 0.25) is 17.8 Å². The van der Waals surface area contributed by atoms with Crippen LogP contribution in [0.5, 0.6) is 11.5 Å². The summed E-state index contributed by atoms with van der Waals surface area (Å²) in [5, 5.41) is 21.9. The summed E-state index contributed by atoms with van der Waals surface area (Å²) in [6.07, 6.45) is 3.06. The molecule has 0 aliphatic carbocycles. The fourth-order valence-corrected chi connectivity index (χ4v) is 4.26. The maximum atomic E-state index is 12.1. The Morgan fingerprint density at radius 3 is 2.97 bits per heavy atom. The number of nitrogens with zero attached hydrogens (tertiary/aromatic N) is 3. The molecule has 2 heterocycles. The molecule has 0 radical (unpaired) electrons. The average Bonchev–Trinajstić information content (AvgIpc) is 3.39. The van der Waals surface area contributed by atoms with Crippen molar-refractivity contribution in [1.29, 1.82) is 0 Å². The van der Waals surface area contributed by atoms with E-state index in [-0.39, 0.29) is 18.4 Å². The second-order valence-corrected chi connectivity index (χ2v) is 8.22. The van der Waals surface area contributed by atoms with Gasteiger partial charge in [-0.1, -0.05) is 41.3 Å². The number of benzene rings is 2. The summed E-state index contributed by atoms with van der Waals surface area (Å²) in [6.45, 7) is 0.196. The predicted molar refractivity (Wildman–Crippen MR) is 113 cm³/mol. The first-order valence-electron chi connectivity index (χ1n) is 8.65. The first-order valence-corrected chi connectivity index (χ1v) is 10.5. The van der Waals surface area contributed by atoms with E-state index < -0.39 is 4.92 Å². The molecule has 9 nitrogen and oxygen atoms in total. The van der Waals surface area contributed by atoms with Crippen molar-refractivity contribution in [2.75, 3.05) is 12.1 Å². The topological polar surface area (TPSA) is 116 Å². The number of carbonyl (C=O) groups is 1. The zero-order valence-electron chi connectivity index (χ0n) is 15.3. The quantitative estimate of drug-likeness (QED) is 0.191. The Morgan fingerprint density at radius 1 is 1.23 bits per heavy atom. The van der Waals surface area contributed by atoms with Gasteiger partial charge >= 0.3 is 0 Å². The third kappa shape index (κ3) is 4.93. The molecule has 0 spiro atoms. The summed E-state index contributed by atoms with van der Waals surface area (Å²) < 4.78 is 11.2. The minimum absolute atomic E-state index is 0.0487. The van der Waals surface area contributed by atoms with Gasteiger partial charge in [0, 0.05) is 24.0 Å². The van der Waals surface area contributed by atoms with Crippen LogP contribution in [0.3, 0.4) is 0 Å². The van der Waals surface area contributed by atoms with E-state index in [9.17, 15) is 14.9 Å². The summed E-state index contributed by atoms with van der Waals surface area (Å²) >= 11 is 2.62. The molecular formula is C19H14N4O5S2. The van der Waals surface area contributed by atoms with E-state index in [0.717, 1.165) is 11.1 Å². The van der Waals surface area contributed by atoms with Crippen LogP contribution in [0, 0.1) is 10.1 Å². The highest BCUT2D eigenvalue weighted by Crippen LogP contribution is 2.33. The third-order valence-corrected chi connectivity index (χ3v) is 5.99. The van der Waals surface area contributed by atoms with Crippen LogP contribution in [0.2, 0.25) is 0 Å². The van der Waals surface area contributed by atoms with Crippen LogP contribution >= 0.6 is 23.1 Å². The molecule has 1 N–H and O–H groups in total. The second kappa shape index (κ2) is 8.93. The summed E-state index contributed by atoms with van der Waals surface area (Å²) in [4.78, 5) is 22.5. The molecule has 0 atom stereocenters. The molecule has 152 valence electrons. The third-order valence-electron chi connectivity index (χ3n) is 3.94. The number of carbonyl (C=O) groups excluding carboxylic acids is 1. The summed E-state index contributed by atoms with van der Waals surface area (Å²) in [7, 11) is 0. The Labute approximate surface area is 178 Å². The molecule has 1 amide bonds. The van der Waals surface area contributed by atoms with E-state index in [1.807, 2.05) is 12.1 Å². The minimum Gasteiger partial charge on any atom is -0.454 e. The monoisotopic (exact) mass is 442 g/mol. The fourth-order valence-electron chi connectivity index (χ4n) is 2.56. The van der Waals surface area contributed by atoms with Gasteiger partial charge in [-0.25, -0.2) is 0 Å². The number of aromatic nitrogens is 2.